The Kier molecular flexibility index (Phi) is 6.29. The van der Waals surface area contributed by atoms with Crippen molar-refractivity contribution in [2.75, 3.05) is 5.75 Å². The Morgan fingerprint density at radius 1 is 1.16 bits per heavy atom. The summed E-state index contributed by atoms with van der Waals surface area (Å²) >= 11 is 4.68. The number of thioether (sulfide) groups is 1. The minimum absolute atomic E-state index is 0.125. The van der Waals surface area contributed by atoms with Crippen molar-refractivity contribution in [3.63, 3.8) is 0 Å². The van der Waals surface area contributed by atoms with Crippen LogP contribution >= 0.6 is 27.7 Å². The molecule has 1 amide bonds. The van der Waals surface area contributed by atoms with E-state index in [0.717, 1.165) is 21.3 Å². The second-order valence-electron chi connectivity index (χ2n) is 7.28. The van der Waals surface area contributed by atoms with Gasteiger partial charge in [0.25, 0.3) is 5.56 Å². The highest BCUT2D eigenvalue weighted by Gasteiger charge is 2.16. The van der Waals surface area contributed by atoms with Crippen molar-refractivity contribution in [3.05, 3.63) is 86.2 Å². The van der Waals surface area contributed by atoms with E-state index in [9.17, 15) is 9.59 Å². The number of hydrogen-bond acceptors (Lipinski definition) is 4. The maximum absolute atomic E-state index is 13.2. The Morgan fingerprint density at radius 3 is 2.68 bits per heavy atom. The van der Waals surface area contributed by atoms with Crippen LogP contribution in [-0.2, 0) is 11.3 Å². The van der Waals surface area contributed by atoms with Crippen LogP contribution in [0, 0.1) is 13.8 Å². The number of halogens is 1. The number of nitrogens with zero attached hydrogens (tertiary/aromatic N) is 2. The largest absolute Gasteiger partial charge is 0.353 e. The Bertz CT molecular complexity index is 1310. The summed E-state index contributed by atoms with van der Waals surface area (Å²) in [6, 6.07) is 17.3. The fourth-order valence-corrected chi connectivity index (χ4v) is 4.51. The lowest BCUT2D eigenvalue weighted by Gasteiger charge is -2.12. The first-order valence-corrected chi connectivity index (χ1v) is 11.5. The number of carbonyl (C=O) groups is 1. The molecular weight excluding hydrogens is 476 g/mol. The van der Waals surface area contributed by atoms with Gasteiger partial charge in [-0.15, -0.1) is 0 Å². The number of nitrogens with one attached hydrogen (secondary N) is 2. The molecule has 0 spiro atoms. The molecule has 8 heteroatoms. The molecule has 0 atom stereocenters. The second kappa shape index (κ2) is 9.11. The molecule has 158 valence electrons. The van der Waals surface area contributed by atoms with E-state index in [1.807, 2.05) is 68.4 Å². The van der Waals surface area contributed by atoms with Crippen molar-refractivity contribution in [2.24, 2.45) is 0 Å². The molecule has 2 heterocycles. The molecule has 4 aromatic rings. The van der Waals surface area contributed by atoms with Crippen molar-refractivity contribution in [2.45, 2.75) is 25.5 Å². The molecule has 2 aromatic heterocycles. The van der Waals surface area contributed by atoms with Gasteiger partial charge in [0.1, 0.15) is 5.52 Å². The third-order valence-corrected chi connectivity index (χ3v) is 6.19. The number of carbonyl (C=O) groups excluding carboxylic acids is 1. The summed E-state index contributed by atoms with van der Waals surface area (Å²) in [5, 5.41) is 3.40. The summed E-state index contributed by atoms with van der Waals surface area (Å²) in [5.74, 6) is 0.0290. The zero-order valence-electron chi connectivity index (χ0n) is 17.1. The molecule has 0 aliphatic heterocycles. The quantitative estimate of drug-likeness (QED) is 0.304. The average molecular weight is 497 g/mol. The summed E-state index contributed by atoms with van der Waals surface area (Å²) in [6.45, 7) is 4.32. The van der Waals surface area contributed by atoms with Crippen LogP contribution in [0.4, 0.5) is 0 Å². The van der Waals surface area contributed by atoms with Gasteiger partial charge in [0.2, 0.25) is 5.91 Å². The zero-order chi connectivity index (χ0) is 22.0. The standard InChI is InChI=1S/C23H21BrN4O2S/c1-14-6-8-18(9-7-14)28-22(30)21-19(10-15(2)26-21)27-23(28)31-13-20(29)25-12-16-4-3-5-17(24)11-16/h3-11,26H,12-13H2,1-2H3,(H,25,29). The molecule has 6 nitrogen and oxygen atoms in total. The van der Waals surface area contributed by atoms with Crippen molar-refractivity contribution in [1.29, 1.82) is 0 Å². The molecule has 0 radical (unpaired) electrons. The first-order chi connectivity index (χ1) is 14.9. The van der Waals surface area contributed by atoms with Gasteiger partial charge < -0.3 is 10.3 Å². The van der Waals surface area contributed by atoms with Crippen LogP contribution in [0.15, 0.2) is 69.0 Å². The molecule has 0 aliphatic carbocycles. The van der Waals surface area contributed by atoms with E-state index >= 15 is 0 Å². The first kappa shape index (κ1) is 21.4. The highest BCUT2D eigenvalue weighted by molar-refractivity contribution is 9.10. The Hall–Kier alpha value is -2.84. The molecule has 0 fully saturated rings. The lowest BCUT2D eigenvalue weighted by molar-refractivity contribution is -0.118. The van der Waals surface area contributed by atoms with Crippen LogP contribution in [0.2, 0.25) is 0 Å². The van der Waals surface area contributed by atoms with Gasteiger partial charge in [0, 0.05) is 16.7 Å². The van der Waals surface area contributed by atoms with Crippen LogP contribution in [-0.4, -0.2) is 26.2 Å². The lowest BCUT2D eigenvalue weighted by Crippen LogP contribution is -2.26. The van der Waals surface area contributed by atoms with Crippen molar-refractivity contribution in [3.8, 4) is 5.69 Å². The first-order valence-electron chi connectivity index (χ1n) is 9.74. The van der Waals surface area contributed by atoms with E-state index in [-0.39, 0.29) is 17.2 Å². The number of fused-ring (bicyclic) bond motifs is 1. The van der Waals surface area contributed by atoms with E-state index in [0.29, 0.717) is 28.4 Å². The molecule has 2 N–H and O–H groups in total. The summed E-state index contributed by atoms with van der Waals surface area (Å²) in [5.41, 5.74) is 4.57. The summed E-state index contributed by atoms with van der Waals surface area (Å²) in [7, 11) is 0. The van der Waals surface area contributed by atoms with Gasteiger partial charge in [0.15, 0.2) is 5.16 Å². The molecule has 0 aliphatic rings. The highest BCUT2D eigenvalue weighted by atomic mass is 79.9. The Morgan fingerprint density at radius 2 is 1.94 bits per heavy atom. The number of amides is 1. The number of rotatable bonds is 6. The average Bonchev–Trinajstić information content (AvgIpc) is 3.12. The smallest absolute Gasteiger partial charge is 0.283 e. The molecule has 2 aromatic carbocycles. The number of aromatic nitrogens is 3. The van der Waals surface area contributed by atoms with Crippen LogP contribution in [0.25, 0.3) is 16.7 Å². The van der Waals surface area contributed by atoms with E-state index in [1.165, 1.54) is 11.8 Å². The van der Waals surface area contributed by atoms with E-state index in [4.69, 9.17) is 0 Å². The van der Waals surface area contributed by atoms with E-state index < -0.39 is 0 Å². The van der Waals surface area contributed by atoms with E-state index in [1.54, 1.807) is 4.57 Å². The molecular formula is C23H21BrN4O2S. The zero-order valence-corrected chi connectivity index (χ0v) is 19.5. The van der Waals surface area contributed by atoms with Crippen LogP contribution in [0.1, 0.15) is 16.8 Å². The predicted molar refractivity (Wildman–Crippen MR) is 128 cm³/mol. The van der Waals surface area contributed by atoms with Crippen LogP contribution < -0.4 is 10.9 Å². The van der Waals surface area contributed by atoms with Crippen LogP contribution in [0.5, 0.6) is 0 Å². The van der Waals surface area contributed by atoms with Gasteiger partial charge in [-0.05, 0) is 49.7 Å². The topological polar surface area (TPSA) is 79.8 Å². The fraction of sp³-hybridized carbons (Fsp3) is 0.174. The monoisotopic (exact) mass is 496 g/mol. The van der Waals surface area contributed by atoms with E-state index in [2.05, 4.69) is 31.2 Å². The number of aromatic amines is 1. The summed E-state index contributed by atoms with van der Waals surface area (Å²) in [4.78, 5) is 33.4. The normalized spacial score (nSPS) is 11.1. The molecule has 0 saturated heterocycles. The van der Waals surface area contributed by atoms with Gasteiger partial charge in [-0.1, -0.05) is 57.5 Å². The molecule has 31 heavy (non-hydrogen) atoms. The number of hydrogen-bond donors (Lipinski definition) is 2. The Balaban J connectivity index is 1.58. The maximum atomic E-state index is 13.2. The van der Waals surface area contributed by atoms with Crippen molar-refractivity contribution in [1.82, 2.24) is 19.9 Å². The Labute approximate surface area is 192 Å². The van der Waals surface area contributed by atoms with Crippen molar-refractivity contribution >= 4 is 44.6 Å². The minimum atomic E-state index is -0.181. The molecule has 4 rings (SSSR count). The summed E-state index contributed by atoms with van der Waals surface area (Å²) < 4.78 is 2.53. The lowest BCUT2D eigenvalue weighted by atomic mass is 10.2. The number of aryl methyl sites for hydroxylation is 2. The van der Waals surface area contributed by atoms with Gasteiger partial charge in [-0.2, -0.15) is 0 Å². The SMILES string of the molecule is Cc1ccc(-n2c(SCC(=O)NCc3cccc(Br)c3)nc3cc(C)[nH]c3c2=O)cc1. The predicted octanol–water partition coefficient (Wildman–Crippen LogP) is 4.50. The number of H-pyrrole nitrogens is 1. The minimum Gasteiger partial charge on any atom is -0.353 e. The third-order valence-electron chi connectivity index (χ3n) is 4.76. The molecule has 0 unspecified atom stereocenters. The summed E-state index contributed by atoms with van der Waals surface area (Å²) in [6.07, 6.45) is 0. The van der Waals surface area contributed by atoms with Crippen molar-refractivity contribution < 1.29 is 4.79 Å². The second-order valence-corrected chi connectivity index (χ2v) is 9.14. The van der Waals surface area contributed by atoms with Gasteiger partial charge in [0.05, 0.1) is 17.0 Å². The highest BCUT2D eigenvalue weighted by Crippen LogP contribution is 2.22. The molecule has 0 bridgehead atoms. The number of benzene rings is 2. The van der Waals surface area contributed by atoms with Gasteiger partial charge in [-0.25, -0.2) is 4.98 Å². The van der Waals surface area contributed by atoms with Crippen LogP contribution in [0.3, 0.4) is 0 Å². The third kappa shape index (κ3) is 4.91. The maximum Gasteiger partial charge on any atom is 0.283 e. The fourth-order valence-electron chi connectivity index (χ4n) is 3.22. The van der Waals surface area contributed by atoms with Gasteiger partial charge >= 0.3 is 0 Å². The van der Waals surface area contributed by atoms with Gasteiger partial charge in [-0.3, -0.25) is 14.2 Å². The molecule has 0 saturated carbocycles.